The number of hydrogen-bond donors (Lipinski definition) is 4. The van der Waals surface area contributed by atoms with Crippen LogP contribution in [0.25, 0.3) is 0 Å². The first-order valence-corrected chi connectivity index (χ1v) is 6.33. The summed E-state index contributed by atoms with van der Waals surface area (Å²) in [5, 5.41) is 13.6. The van der Waals surface area contributed by atoms with E-state index in [1.807, 2.05) is 19.1 Å². The Balaban J connectivity index is 1.86. The summed E-state index contributed by atoms with van der Waals surface area (Å²) in [4.78, 5) is 4.28. The predicted octanol–water partition coefficient (Wildman–Crippen LogP) is 0.481. The van der Waals surface area contributed by atoms with E-state index >= 15 is 0 Å². The molecule has 1 fully saturated rings. The van der Waals surface area contributed by atoms with Gasteiger partial charge >= 0.3 is 0 Å². The van der Waals surface area contributed by atoms with E-state index in [0.717, 1.165) is 5.69 Å². The minimum atomic E-state index is -0.789. The average Bonchev–Trinajstić information content (AvgIpc) is 3.07. The van der Waals surface area contributed by atoms with Crippen LogP contribution >= 0.6 is 0 Å². The van der Waals surface area contributed by atoms with Gasteiger partial charge in [-0.3, -0.25) is 10.1 Å². The Morgan fingerprint density at radius 3 is 3.11 bits per heavy atom. The van der Waals surface area contributed by atoms with Crippen LogP contribution in [0.5, 0.6) is 0 Å². The maximum Gasteiger partial charge on any atom is 0.197 e. The summed E-state index contributed by atoms with van der Waals surface area (Å²) in [6.45, 7) is 2.68. The third-order valence-corrected chi connectivity index (χ3v) is 3.25. The molecule has 6 heteroatoms. The van der Waals surface area contributed by atoms with Gasteiger partial charge in [0.2, 0.25) is 0 Å². The van der Waals surface area contributed by atoms with Gasteiger partial charge in [-0.1, -0.05) is 0 Å². The second kappa shape index (κ2) is 4.13. The zero-order valence-electron chi connectivity index (χ0n) is 10.4. The fourth-order valence-electron chi connectivity index (χ4n) is 2.07. The highest BCUT2D eigenvalue weighted by Gasteiger charge is 2.33. The first-order chi connectivity index (χ1) is 8.71. The maximum absolute atomic E-state index is 6.33. The lowest BCUT2D eigenvalue weighted by molar-refractivity contribution is 0.484. The van der Waals surface area contributed by atoms with Crippen LogP contribution in [0.1, 0.15) is 37.1 Å². The van der Waals surface area contributed by atoms with Crippen molar-refractivity contribution in [3.05, 3.63) is 29.7 Å². The molecule has 0 bridgehead atoms. The molecular formula is C12H18N6. The van der Waals surface area contributed by atoms with Crippen molar-refractivity contribution in [2.24, 2.45) is 10.7 Å². The first kappa shape index (κ1) is 11.3. The molecule has 0 amide bonds. The highest BCUT2D eigenvalue weighted by molar-refractivity contribution is 5.83. The van der Waals surface area contributed by atoms with Gasteiger partial charge in [-0.15, -0.1) is 0 Å². The molecule has 1 aliphatic carbocycles. The van der Waals surface area contributed by atoms with Crippen molar-refractivity contribution in [3.8, 4) is 0 Å². The number of H-pyrrole nitrogens is 1. The van der Waals surface area contributed by atoms with Crippen LogP contribution in [0.3, 0.4) is 0 Å². The standard InChI is InChI=1S/C12H18N6/c1-2-14-11-15-6-5-12(13,16-11)10-7-9(17-18-10)8-3-4-8/h5-8H,2-4,13H2,1H3,(H,17,18)(H2,14,15,16). The van der Waals surface area contributed by atoms with E-state index in [-0.39, 0.29) is 0 Å². The van der Waals surface area contributed by atoms with Crippen molar-refractivity contribution in [1.82, 2.24) is 20.8 Å². The molecule has 3 rings (SSSR count). The summed E-state index contributed by atoms with van der Waals surface area (Å²) in [6.07, 6.45) is 6.14. The number of aliphatic imine (C=N–C) groups is 1. The SMILES string of the molecule is CCN=C1NC=CC(N)(c2cc(C3CC3)[nH]n2)N1. The summed E-state index contributed by atoms with van der Waals surface area (Å²) in [7, 11) is 0. The van der Waals surface area contributed by atoms with E-state index in [1.165, 1.54) is 18.5 Å². The van der Waals surface area contributed by atoms with Crippen molar-refractivity contribution in [3.63, 3.8) is 0 Å². The van der Waals surface area contributed by atoms with Gasteiger partial charge in [0.05, 0.1) is 0 Å². The Labute approximate surface area is 106 Å². The predicted molar refractivity (Wildman–Crippen MR) is 69.8 cm³/mol. The first-order valence-electron chi connectivity index (χ1n) is 6.33. The number of nitrogens with two attached hydrogens (primary N) is 1. The number of rotatable bonds is 3. The molecule has 0 radical (unpaired) electrons. The van der Waals surface area contributed by atoms with Crippen molar-refractivity contribution < 1.29 is 0 Å². The molecule has 2 heterocycles. The van der Waals surface area contributed by atoms with Crippen LogP contribution in [0.2, 0.25) is 0 Å². The third kappa shape index (κ3) is 1.99. The van der Waals surface area contributed by atoms with Gasteiger partial charge in [-0.05, 0) is 31.9 Å². The second-order valence-corrected chi connectivity index (χ2v) is 4.78. The van der Waals surface area contributed by atoms with Gasteiger partial charge in [0.1, 0.15) is 5.69 Å². The van der Waals surface area contributed by atoms with Crippen LogP contribution < -0.4 is 16.4 Å². The fraction of sp³-hybridized carbons (Fsp3) is 0.500. The highest BCUT2D eigenvalue weighted by atomic mass is 15.3. The molecule has 5 N–H and O–H groups in total. The lowest BCUT2D eigenvalue weighted by Gasteiger charge is -2.30. The molecule has 1 unspecified atom stereocenters. The smallest absolute Gasteiger partial charge is 0.197 e. The molecule has 1 saturated carbocycles. The van der Waals surface area contributed by atoms with Crippen LogP contribution in [0.4, 0.5) is 0 Å². The number of nitrogens with zero attached hydrogens (tertiary/aromatic N) is 2. The van der Waals surface area contributed by atoms with E-state index in [9.17, 15) is 0 Å². The van der Waals surface area contributed by atoms with E-state index in [2.05, 4.69) is 25.8 Å². The normalized spacial score (nSPS) is 29.1. The summed E-state index contributed by atoms with van der Waals surface area (Å²) in [5.74, 6) is 1.32. The molecule has 96 valence electrons. The number of aromatic amines is 1. The van der Waals surface area contributed by atoms with Gasteiger partial charge in [0.15, 0.2) is 11.6 Å². The van der Waals surface area contributed by atoms with E-state index in [1.54, 1.807) is 6.20 Å². The van der Waals surface area contributed by atoms with Gasteiger partial charge < -0.3 is 16.4 Å². The monoisotopic (exact) mass is 246 g/mol. The molecular weight excluding hydrogens is 228 g/mol. The van der Waals surface area contributed by atoms with Crippen molar-refractivity contribution >= 4 is 5.96 Å². The lowest BCUT2D eigenvalue weighted by atomic mass is 10.1. The molecule has 1 aromatic heterocycles. The van der Waals surface area contributed by atoms with Crippen molar-refractivity contribution in [1.29, 1.82) is 0 Å². The molecule has 0 aromatic carbocycles. The van der Waals surface area contributed by atoms with Gasteiger partial charge in [-0.2, -0.15) is 5.10 Å². The molecule has 1 atom stereocenters. The van der Waals surface area contributed by atoms with Crippen LogP contribution in [-0.2, 0) is 5.66 Å². The Morgan fingerprint density at radius 1 is 1.56 bits per heavy atom. The number of hydrogen-bond acceptors (Lipinski definition) is 3. The minimum Gasteiger partial charge on any atom is -0.333 e. The Bertz CT molecular complexity index is 498. The molecule has 1 aliphatic heterocycles. The van der Waals surface area contributed by atoms with Crippen LogP contribution in [-0.4, -0.2) is 22.7 Å². The molecule has 18 heavy (non-hydrogen) atoms. The molecule has 1 aromatic rings. The summed E-state index contributed by atoms with van der Waals surface area (Å²) >= 11 is 0. The second-order valence-electron chi connectivity index (χ2n) is 4.78. The van der Waals surface area contributed by atoms with Gasteiger partial charge in [0, 0.05) is 24.4 Å². The fourth-order valence-corrected chi connectivity index (χ4v) is 2.07. The topological polar surface area (TPSA) is 91.1 Å². The minimum absolute atomic E-state index is 0.643. The summed E-state index contributed by atoms with van der Waals surface area (Å²) < 4.78 is 0. The molecule has 0 spiro atoms. The van der Waals surface area contributed by atoms with E-state index < -0.39 is 5.66 Å². The van der Waals surface area contributed by atoms with E-state index in [4.69, 9.17) is 5.73 Å². The zero-order chi connectivity index (χ0) is 12.6. The Morgan fingerprint density at radius 2 is 2.39 bits per heavy atom. The number of aromatic nitrogens is 2. The molecule has 0 saturated heterocycles. The highest BCUT2D eigenvalue weighted by Crippen LogP contribution is 2.39. The number of nitrogens with one attached hydrogen (secondary N) is 3. The average molecular weight is 246 g/mol. The third-order valence-electron chi connectivity index (χ3n) is 3.25. The van der Waals surface area contributed by atoms with Crippen molar-refractivity contribution in [2.45, 2.75) is 31.3 Å². The quantitative estimate of drug-likeness (QED) is 0.624. The lowest BCUT2D eigenvalue weighted by Crippen LogP contribution is -2.57. The zero-order valence-corrected chi connectivity index (χ0v) is 10.4. The van der Waals surface area contributed by atoms with E-state index in [0.29, 0.717) is 18.4 Å². The molecule has 6 nitrogen and oxygen atoms in total. The summed E-state index contributed by atoms with van der Waals surface area (Å²) in [5.41, 5.74) is 7.52. The summed E-state index contributed by atoms with van der Waals surface area (Å²) in [6, 6.07) is 2.05. The van der Waals surface area contributed by atoms with Crippen LogP contribution in [0.15, 0.2) is 23.3 Å². The van der Waals surface area contributed by atoms with Crippen molar-refractivity contribution in [2.75, 3.05) is 6.54 Å². The van der Waals surface area contributed by atoms with Gasteiger partial charge in [0.25, 0.3) is 0 Å². The van der Waals surface area contributed by atoms with Crippen LogP contribution in [0, 0.1) is 0 Å². The molecule has 2 aliphatic rings. The number of guanidine groups is 1. The Kier molecular flexibility index (Phi) is 2.59. The van der Waals surface area contributed by atoms with Gasteiger partial charge in [-0.25, -0.2) is 0 Å². The largest absolute Gasteiger partial charge is 0.333 e. The Hall–Kier alpha value is -1.82. The maximum atomic E-state index is 6.33.